The van der Waals surface area contributed by atoms with Gasteiger partial charge in [-0.15, -0.1) is 0 Å². The second-order valence-corrected chi connectivity index (χ2v) is 8.02. The first-order valence-corrected chi connectivity index (χ1v) is 10.5. The second kappa shape index (κ2) is 8.94. The van der Waals surface area contributed by atoms with Crippen LogP contribution in [0.15, 0.2) is 42.5 Å². The smallest absolute Gasteiger partial charge is 0.260 e. The number of para-hydroxylation sites is 1. The lowest BCUT2D eigenvalue weighted by Gasteiger charge is -2.25. The average Bonchev–Trinajstić information content (AvgIpc) is 3.17. The van der Waals surface area contributed by atoms with Crippen molar-refractivity contribution in [1.29, 1.82) is 0 Å². The van der Waals surface area contributed by atoms with Crippen LogP contribution in [-0.4, -0.2) is 50.3 Å². The highest BCUT2D eigenvalue weighted by atomic mass is 32.1. The molecule has 1 aliphatic rings. The van der Waals surface area contributed by atoms with Crippen molar-refractivity contribution >= 4 is 32.6 Å². The van der Waals surface area contributed by atoms with Crippen LogP contribution >= 0.6 is 11.3 Å². The van der Waals surface area contributed by atoms with Gasteiger partial charge in [0.05, 0.1) is 24.5 Å². The van der Waals surface area contributed by atoms with Crippen LogP contribution in [0.4, 0.5) is 13.9 Å². The summed E-state index contributed by atoms with van der Waals surface area (Å²) in [4.78, 5) is 20.6. The van der Waals surface area contributed by atoms with E-state index in [-0.39, 0.29) is 11.4 Å². The minimum absolute atomic E-state index is 0.263. The number of amides is 1. The fraction of sp³-hybridized carbons (Fsp3) is 0.333. The molecule has 1 aromatic heterocycles. The lowest BCUT2D eigenvalue weighted by molar-refractivity contribution is -0.908. The number of nitrogens with zero attached hydrogens (tertiary/aromatic N) is 2. The fourth-order valence-corrected chi connectivity index (χ4v) is 4.45. The number of carbonyl (C=O) groups excluding carboxylic acids is 1. The Hall–Kier alpha value is -2.42. The number of morpholine rings is 1. The number of fused-ring (bicyclic) bond motifs is 1. The molecule has 0 bridgehead atoms. The number of carbonyl (C=O) groups is 1. The molecule has 1 saturated heterocycles. The van der Waals surface area contributed by atoms with Crippen molar-refractivity contribution in [3.8, 4) is 0 Å². The number of ether oxygens (including phenoxy) is 1. The summed E-state index contributed by atoms with van der Waals surface area (Å²) in [7, 11) is 0. The number of halogens is 2. The molecule has 3 aromatic rings. The van der Waals surface area contributed by atoms with E-state index in [1.165, 1.54) is 46.6 Å². The van der Waals surface area contributed by atoms with Gasteiger partial charge in [0.25, 0.3) is 5.91 Å². The number of hydrogen-bond donors (Lipinski definition) is 1. The van der Waals surface area contributed by atoms with Gasteiger partial charge in [0.2, 0.25) is 0 Å². The Labute approximate surface area is 171 Å². The second-order valence-electron chi connectivity index (χ2n) is 7.01. The summed E-state index contributed by atoms with van der Waals surface area (Å²) in [5, 5.41) is 0.455. The van der Waals surface area contributed by atoms with Crippen LogP contribution in [0.2, 0.25) is 0 Å². The van der Waals surface area contributed by atoms with Gasteiger partial charge in [-0.1, -0.05) is 17.4 Å². The van der Waals surface area contributed by atoms with E-state index in [0.29, 0.717) is 21.9 Å². The van der Waals surface area contributed by atoms with Gasteiger partial charge >= 0.3 is 0 Å². The molecular weight excluding hydrogens is 396 g/mol. The van der Waals surface area contributed by atoms with Gasteiger partial charge in [-0.2, -0.15) is 0 Å². The molecule has 0 saturated carbocycles. The molecule has 1 amide bonds. The number of anilines is 1. The molecule has 8 heteroatoms. The Morgan fingerprint density at radius 2 is 1.90 bits per heavy atom. The van der Waals surface area contributed by atoms with Crippen molar-refractivity contribution < 1.29 is 23.2 Å². The molecule has 5 nitrogen and oxygen atoms in total. The quantitative estimate of drug-likeness (QED) is 0.669. The third-order valence-electron chi connectivity index (χ3n) is 5.04. The monoisotopic (exact) mass is 418 g/mol. The SMILES string of the molecule is O=C(c1ccc(F)cc1)N(CCC[NH+]1CCOCC1)c1nc2c(F)cccc2s1. The number of aromatic nitrogens is 1. The zero-order valence-electron chi connectivity index (χ0n) is 15.9. The molecule has 0 aliphatic carbocycles. The van der Waals surface area contributed by atoms with E-state index in [9.17, 15) is 13.6 Å². The van der Waals surface area contributed by atoms with Crippen molar-refractivity contribution in [2.75, 3.05) is 44.3 Å². The van der Waals surface area contributed by atoms with E-state index < -0.39 is 11.6 Å². The van der Waals surface area contributed by atoms with Crippen molar-refractivity contribution in [2.45, 2.75) is 6.42 Å². The van der Waals surface area contributed by atoms with E-state index in [1.54, 1.807) is 17.0 Å². The van der Waals surface area contributed by atoms with E-state index in [2.05, 4.69) is 4.98 Å². The van der Waals surface area contributed by atoms with Gasteiger partial charge in [-0.25, -0.2) is 13.8 Å². The van der Waals surface area contributed by atoms with Gasteiger partial charge < -0.3 is 9.64 Å². The minimum Gasteiger partial charge on any atom is -0.370 e. The maximum atomic E-state index is 14.1. The number of quaternary nitrogens is 1. The molecule has 29 heavy (non-hydrogen) atoms. The summed E-state index contributed by atoms with van der Waals surface area (Å²) in [5.74, 6) is -1.07. The summed E-state index contributed by atoms with van der Waals surface area (Å²) >= 11 is 1.28. The van der Waals surface area contributed by atoms with Crippen LogP contribution in [-0.2, 0) is 4.74 Å². The predicted molar refractivity (Wildman–Crippen MR) is 109 cm³/mol. The highest BCUT2D eigenvalue weighted by Crippen LogP contribution is 2.31. The van der Waals surface area contributed by atoms with Crippen LogP contribution in [0.1, 0.15) is 16.8 Å². The lowest BCUT2D eigenvalue weighted by atomic mass is 10.2. The maximum absolute atomic E-state index is 14.1. The third-order valence-corrected chi connectivity index (χ3v) is 6.08. The highest BCUT2D eigenvalue weighted by Gasteiger charge is 2.23. The standard InChI is InChI=1S/C21H21F2N3O2S/c22-16-7-5-15(6-8-16)20(27)26(10-2-9-25-11-13-28-14-12-25)21-24-19-17(23)3-1-4-18(19)29-21/h1,3-8H,2,9-14H2/p+1. The zero-order chi connectivity index (χ0) is 20.2. The fourth-order valence-electron chi connectivity index (χ4n) is 3.45. The van der Waals surface area contributed by atoms with Crippen molar-refractivity contribution in [3.05, 3.63) is 59.7 Å². The van der Waals surface area contributed by atoms with Crippen LogP contribution in [0.25, 0.3) is 10.2 Å². The summed E-state index contributed by atoms with van der Waals surface area (Å²) in [6, 6.07) is 10.2. The largest absolute Gasteiger partial charge is 0.370 e. The molecule has 2 aromatic carbocycles. The van der Waals surface area contributed by atoms with Crippen LogP contribution in [0.3, 0.4) is 0 Å². The van der Waals surface area contributed by atoms with E-state index in [4.69, 9.17) is 4.74 Å². The van der Waals surface area contributed by atoms with E-state index in [0.717, 1.165) is 39.3 Å². The molecule has 1 fully saturated rings. The number of benzene rings is 2. The zero-order valence-corrected chi connectivity index (χ0v) is 16.7. The number of hydrogen-bond acceptors (Lipinski definition) is 4. The first kappa shape index (κ1) is 19.9. The summed E-state index contributed by atoms with van der Waals surface area (Å²) < 4.78 is 33.5. The summed E-state index contributed by atoms with van der Waals surface area (Å²) in [6.07, 6.45) is 0.778. The van der Waals surface area contributed by atoms with Crippen molar-refractivity contribution in [2.24, 2.45) is 0 Å². The summed E-state index contributed by atoms with van der Waals surface area (Å²) in [5.41, 5.74) is 0.646. The molecule has 0 unspecified atom stereocenters. The Morgan fingerprint density at radius 1 is 1.14 bits per heavy atom. The topological polar surface area (TPSA) is 46.9 Å². The first-order chi connectivity index (χ1) is 14.1. The Balaban J connectivity index is 1.57. The number of rotatable bonds is 6. The van der Waals surface area contributed by atoms with E-state index in [1.807, 2.05) is 0 Å². The molecule has 1 N–H and O–H groups in total. The van der Waals surface area contributed by atoms with Crippen molar-refractivity contribution in [1.82, 2.24) is 4.98 Å². The summed E-state index contributed by atoms with van der Waals surface area (Å²) in [6.45, 7) is 4.80. The van der Waals surface area contributed by atoms with Gasteiger partial charge in [-0.3, -0.25) is 9.69 Å². The molecule has 2 heterocycles. The Bertz CT molecular complexity index is 987. The molecule has 4 rings (SSSR count). The van der Waals surface area contributed by atoms with Crippen LogP contribution in [0, 0.1) is 11.6 Å². The Morgan fingerprint density at radius 3 is 2.62 bits per heavy atom. The van der Waals surface area contributed by atoms with Gasteiger partial charge in [0.1, 0.15) is 30.2 Å². The molecule has 0 atom stereocenters. The lowest BCUT2D eigenvalue weighted by Crippen LogP contribution is -3.14. The normalized spacial score (nSPS) is 15.0. The molecule has 0 spiro atoms. The number of thiazole rings is 1. The van der Waals surface area contributed by atoms with Gasteiger partial charge in [-0.05, 0) is 36.4 Å². The van der Waals surface area contributed by atoms with Crippen LogP contribution < -0.4 is 9.80 Å². The van der Waals surface area contributed by atoms with Crippen molar-refractivity contribution in [3.63, 3.8) is 0 Å². The maximum Gasteiger partial charge on any atom is 0.260 e. The molecule has 0 radical (unpaired) electrons. The predicted octanol–water partition coefficient (Wildman–Crippen LogP) is 2.53. The minimum atomic E-state index is -0.406. The van der Waals surface area contributed by atoms with E-state index >= 15 is 0 Å². The van der Waals surface area contributed by atoms with Gasteiger partial charge in [0.15, 0.2) is 5.13 Å². The van der Waals surface area contributed by atoms with Gasteiger partial charge in [0, 0.05) is 18.5 Å². The van der Waals surface area contributed by atoms with Crippen LogP contribution in [0.5, 0.6) is 0 Å². The molecule has 152 valence electrons. The Kier molecular flexibility index (Phi) is 6.13. The highest BCUT2D eigenvalue weighted by molar-refractivity contribution is 7.22. The third kappa shape index (κ3) is 4.60. The number of nitrogens with one attached hydrogen (secondary N) is 1. The average molecular weight is 418 g/mol. The molecule has 1 aliphatic heterocycles. The first-order valence-electron chi connectivity index (χ1n) is 9.65. The molecular formula is C21H22F2N3O2S+.